The molecule has 0 spiro atoms. The standard InChI is InChI=1S/C17H17IO7S/c1-4-23-16(19)13-11-8-6-10(18)7-9-12(11)14(17(20)24-5-2)15(13)25-26(3,21)22/h6-9H,4-5H2,1-3H3. The normalized spacial score (nSPS) is 11.2. The Morgan fingerprint density at radius 3 is 1.69 bits per heavy atom. The molecule has 26 heavy (non-hydrogen) atoms. The molecule has 0 aromatic heterocycles. The van der Waals surface area contributed by atoms with E-state index >= 15 is 0 Å². The second-order valence-corrected chi connectivity index (χ2v) is 8.01. The molecule has 2 rings (SSSR count). The van der Waals surface area contributed by atoms with Crippen molar-refractivity contribution in [2.45, 2.75) is 13.8 Å². The summed E-state index contributed by atoms with van der Waals surface area (Å²) in [5.74, 6) is -1.94. The first kappa shape index (κ1) is 20.4. The largest absolute Gasteiger partial charge is 0.462 e. The lowest BCUT2D eigenvalue weighted by Crippen LogP contribution is -2.13. The number of fused-ring (bicyclic) bond motifs is 1. The number of esters is 2. The summed E-state index contributed by atoms with van der Waals surface area (Å²) < 4.78 is 39.4. The van der Waals surface area contributed by atoms with Crippen LogP contribution in [0, 0.1) is 3.57 Å². The molecule has 0 amide bonds. The topological polar surface area (TPSA) is 96.0 Å². The lowest BCUT2D eigenvalue weighted by atomic mass is 10.1. The number of carbonyl (C=O) groups is 2. The quantitative estimate of drug-likeness (QED) is 0.348. The van der Waals surface area contributed by atoms with E-state index in [0.29, 0.717) is 11.1 Å². The molecule has 9 heteroatoms. The zero-order valence-electron chi connectivity index (χ0n) is 14.4. The van der Waals surface area contributed by atoms with Crippen molar-refractivity contribution in [3.8, 4) is 16.9 Å². The van der Waals surface area contributed by atoms with Crippen LogP contribution in [0.5, 0.6) is 5.75 Å². The molecule has 0 saturated carbocycles. The van der Waals surface area contributed by atoms with E-state index in [-0.39, 0.29) is 30.1 Å². The van der Waals surface area contributed by atoms with Crippen molar-refractivity contribution in [2.75, 3.05) is 19.5 Å². The van der Waals surface area contributed by atoms with Gasteiger partial charge in [-0.1, -0.05) is 12.1 Å². The number of carbonyl (C=O) groups excluding carboxylic acids is 2. The number of halogens is 1. The van der Waals surface area contributed by atoms with Gasteiger partial charge in [0, 0.05) is 14.7 Å². The van der Waals surface area contributed by atoms with Gasteiger partial charge in [-0.05, 0) is 48.6 Å². The Morgan fingerprint density at radius 1 is 0.923 bits per heavy atom. The minimum atomic E-state index is -4.01. The predicted octanol–water partition coefficient (Wildman–Crippen LogP) is 3.09. The average Bonchev–Trinajstić information content (AvgIpc) is 2.70. The third-order valence-corrected chi connectivity index (χ3v) is 4.48. The minimum Gasteiger partial charge on any atom is -0.462 e. The van der Waals surface area contributed by atoms with Gasteiger partial charge in [-0.2, -0.15) is 8.42 Å². The number of rotatable bonds is 6. The molecule has 140 valence electrons. The van der Waals surface area contributed by atoms with Crippen molar-refractivity contribution in [2.24, 2.45) is 0 Å². The van der Waals surface area contributed by atoms with Crippen LogP contribution >= 0.6 is 22.6 Å². The monoisotopic (exact) mass is 492 g/mol. The van der Waals surface area contributed by atoms with E-state index in [1.54, 1.807) is 38.1 Å². The number of ether oxygens (including phenoxy) is 2. The highest BCUT2D eigenvalue weighted by atomic mass is 127. The van der Waals surface area contributed by atoms with Crippen molar-refractivity contribution < 1.29 is 31.7 Å². The van der Waals surface area contributed by atoms with Crippen LogP contribution in [0.2, 0.25) is 0 Å². The zero-order chi connectivity index (χ0) is 19.5. The predicted molar refractivity (Wildman–Crippen MR) is 103 cm³/mol. The van der Waals surface area contributed by atoms with Gasteiger partial charge in [0.15, 0.2) is 5.75 Å². The van der Waals surface area contributed by atoms with Crippen LogP contribution in [0.25, 0.3) is 11.1 Å². The third-order valence-electron chi connectivity index (χ3n) is 3.30. The van der Waals surface area contributed by atoms with Gasteiger partial charge >= 0.3 is 22.1 Å². The molecule has 0 bridgehead atoms. The van der Waals surface area contributed by atoms with Crippen LogP contribution in [0.15, 0.2) is 24.3 Å². The van der Waals surface area contributed by atoms with Crippen LogP contribution < -0.4 is 4.18 Å². The smallest absolute Gasteiger partial charge is 0.342 e. The summed E-state index contributed by atoms with van der Waals surface area (Å²) in [6, 6.07) is 6.68. The molecule has 0 heterocycles. The van der Waals surface area contributed by atoms with E-state index in [0.717, 1.165) is 9.83 Å². The zero-order valence-corrected chi connectivity index (χ0v) is 17.3. The summed E-state index contributed by atoms with van der Waals surface area (Å²) in [5.41, 5.74) is 0.436. The minimum absolute atomic E-state index is 0.0784. The maximum absolute atomic E-state index is 12.5. The number of hydrogen-bond donors (Lipinski definition) is 0. The fourth-order valence-electron chi connectivity index (χ4n) is 2.41. The highest BCUT2D eigenvalue weighted by Gasteiger charge is 2.35. The van der Waals surface area contributed by atoms with Gasteiger partial charge in [-0.25, -0.2) is 9.59 Å². The highest BCUT2D eigenvalue weighted by Crippen LogP contribution is 2.43. The third kappa shape index (κ3) is 4.44. The second-order valence-electron chi connectivity index (χ2n) is 5.19. The Morgan fingerprint density at radius 2 is 1.35 bits per heavy atom. The summed E-state index contributed by atoms with van der Waals surface area (Å²) in [4.78, 5) is 25.0. The van der Waals surface area contributed by atoms with Crippen LogP contribution in [-0.4, -0.2) is 39.8 Å². The van der Waals surface area contributed by atoms with Gasteiger partial charge in [0.1, 0.15) is 11.1 Å². The molecular weight excluding hydrogens is 475 g/mol. The van der Waals surface area contributed by atoms with Crippen molar-refractivity contribution in [3.63, 3.8) is 0 Å². The van der Waals surface area contributed by atoms with Gasteiger partial charge < -0.3 is 13.7 Å². The maximum atomic E-state index is 12.5. The molecule has 7 nitrogen and oxygen atoms in total. The van der Waals surface area contributed by atoms with Gasteiger partial charge in [0.25, 0.3) is 0 Å². The fourth-order valence-corrected chi connectivity index (χ4v) is 3.24. The van der Waals surface area contributed by atoms with Crippen LogP contribution in [-0.2, 0) is 19.6 Å². The van der Waals surface area contributed by atoms with Crippen molar-refractivity contribution in [1.82, 2.24) is 0 Å². The molecule has 0 saturated heterocycles. The van der Waals surface area contributed by atoms with Gasteiger partial charge in [0.05, 0.1) is 19.5 Å². The van der Waals surface area contributed by atoms with Crippen molar-refractivity contribution in [1.29, 1.82) is 0 Å². The first-order valence-electron chi connectivity index (χ1n) is 7.68. The fraction of sp³-hybridized carbons (Fsp3) is 0.294. The highest BCUT2D eigenvalue weighted by molar-refractivity contribution is 14.1. The molecule has 0 radical (unpaired) electrons. The van der Waals surface area contributed by atoms with E-state index in [2.05, 4.69) is 22.6 Å². The summed E-state index contributed by atoms with van der Waals surface area (Å²) in [6.07, 6.45) is 0.831. The maximum Gasteiger partial charge on any atom is 0.342 e. The number of hydrogen-bond acceptors (Lipinski definition) is 7. The van der Waals surface area contributed by atoms with Crippen LogP contribution in [0.3, 0.4) is 0 Å². The summed E-state index contributed by atoms with van der Waals surface area (Å²) in [5, 5.41) is 0. The Kier molecular flexibility index (Phi) is 6.45. The Hall–Kier alpha value is -1.88. The Balaban J connectivity index is 2.90. The SMILES string of the molecule is CCOC(=O)c1c2ccc(I)ccc-2c(C(=O)OCC)c1OS(C)(=O)=O. The van der Waals surface area contributed by atoms with E-state index < -0.39 is 22.1 Å². The molecular formula is C17H17IO7S. The molecule has 2 aliphatic rings. The second kappa shape index (κ2) is 8.21. The lowest BCUT2D eigenvalue weighted by molar-refractivity contribution is 0.0525. The van der Waals surface area contributed by atoms with Crippen LogP contribution in [0.1, 0.15) is 34.6 Å². The molecule has 0 aromatic carbocycles. The molecule has 2 aliphatic carbocycles. The Bertz CT molecular complexity index is 865. The molecule has 0 unspecified atom stereocenters. The molecule has 0 aliphatic heterocycles. The van der Waals surface area contributed by atoms with E-state index in [1.807, 2.05) is 0 Å². The summed E-state index contributed by atoms with van der Waals surface area (Å²) in [7, 11) is -4.01. The van der Waals surface area contributed by atoms with E-state index in [1.165, 1.54) is 0 Å². The molecule has 0 fully saturated rings. The first-order chi connectivity index (χ1) is 12.2. The molecule has 0 aromatic rings. The van der Waals surface area contributed by atoms with Crippen LogP contribution in [0.4, 0.5) is 0 Å². The van der Waals surface area contributed by atoms with Crippen molar-refractivity contribution in [3.05, 3.63) is 39.0 Å². The molecule has 0 atom stereocenters. The molecule has 0 N–H and O–H groups in total. The Labute approximate surface area is 165 Å². The first-order valence-corrected chi connectivity index (χ1v) is 10.6. The summed E-state index contributed by atoms with van der Waals surface area (Å²) >= 11 is 2.08. The average molecular weight is 492 g/mol. The summed E-state index contributed by atoms with van der Waals surface area (Å²) in [6.45, 7) is 3.40. The van der Waals surface area contributed by atoms with E-state index in [4.69, 9.17) is 13.7 Å². The van der Waals surface area contributed by atoms with E-state index in [9.17, 15) is 18.0 Å². The lowest BCUT2D eigenvalue weighted by Gasteiger charge is -2.08. The van der Waals surface area contributed by atoms with Gasteiger partial charge in [-0.15, -0.1) is 0 Å². The van der Waals surface area contributed by atoms with Gasteiger partial charge in [-0.3, -0.25) is 0 Å². The van der Waals surface area contributed by atoms with Crippen molar-refractivity contribution >= 4 is 44.6 Å². The van der Waals surface area contributed by atoms with Gasteiger partial charge in [0.2, 0.25) is 0 Å².